The number of ether oxygens (including phenoxy) is 2. The van der Waals surface area contributed by atoms with Gasteiger partial charge in [0.2, 0.25) is 10.0 Å². The van der Waals surface area contributed by atoms with Crippen molar-refractivity contribution in [3.63, 3.8) is 0 Å². The molecule has 1 saturated heterocycles. The van der Waals surface area contributed by atoms with Crippen LogP contribution in [-0.4, -0.2) is 63.0 Å². The summed E-state index contributed by atoms with van der Waals surface area (Å²) in [6.07, 6.45) is 0. The Morgan fingerprint density at radius 3 is 2.66 bits per heavy atom. The van der Waals surface area contributed by atoms with Gasteiger partial charge >= 0.3 is 5.97 Å². The number of esters is 1. The molecule has 0 unspecified atom stereocenters. The molecule has 0 aliphatic carbocycles. The maximum Gasteiger partial charge on any atom is 0.350 e. The molecular formula is C17H18FN3O6S2. The summed E-state index contributed by atoms with van der Waals surface area (Å²) in [6.45, 7) is 2.44. The first-order valence-corrected chi connectivity index (χ1v) is 10.7. The van der Waals surface area contributed by atoms with Crippen LogP contribution in [0.4, 0.5) is 9.52 Å². The van der Waals surface area contributed by atoms with Crippen LogP contribution in [0.3, 0.4) is 0 Å². The molecule has 29 heavy (non-hydrogen) atoms. The summed E-state index contributed by atoms with van der Waals surface area (Å²) in [5.74, 6) is -2.37. The summed E-state index contributed by atoms with van der Waals surface area (Å²) in [5, 5.41) is 2.45. The molecule has 2 aromatic rings. The van der Waals surface area contributed by atoms with Crippen molar-refractivity contribution in [3.05, 3.63) is 40.2 Å². The van der Waals surface area contributed by atoms with E-state index in [1.54, 1.807) is 6.92 Å². The molecule has 0 atom stereocenters. The molecule has 1 aliphatic rings. The van der Waals surface area contributed by atoms with Crippen molar-refractivity contribution < 1.29 is 31.9 Å². The van der Waals surface area contributed by atoms with Gasteiger partial charge in [-0.05, 0) is 25.1 Å². The fourth-order valence-corrected chi connectivity index (χ4v) is 4.99. The van der Waals surface area contributed by atoms with Gasteiger partial charge in [0.1, 0.15) is 10.7 Å². The molecule has 0 spiro atoms. The summed E-state index contributed by atoms with van der Waals surface area (Å²) in [6, 6.07) is 3.02. The minimum Gasteiger partial charge on any atom is -0.465 e. The third-order valence-corrected chi connectivity index (χ3v) is 7.13. The molecule has 12 heteroatoms. The lowest BCUT2D eigenvalue weighted by Gasteiger charge is -2.26. The van der Waals surface area contributed by atoms with Crippen molar-refractivity contribution in [3.8, 4) is 0 Å². The average Bonchev–Trinajstić information content (AvgIpc) is 3.08. The fourth-order valence-electron chi connectivity index (χ4n) is 2.67. The van der Waals surface area contributed by atoms with Crippen molar-refractivity contribution in [2.45, 2.75) is 11.8 Å². The Morgan fingerprint density at radius 1 is 1.31 bits per heavy atom. The molecule has 1 N–H and O–H groups in total. The first kappa shape index (κ1) is 21.3. The van der Waals surface area contributed by atoms with E-state index in [1.165, 1.54) is 11.4 Å². The summed E-state index contributed by atoms with van der Waals surface area (Å²) < 4.78 is 50.7. The number of aryl methyl sites for hydroxylation is 1. The van der Waals surface area contributed by atoms with Gasteiger partial charge < -0.3 is 9.47 Å². The smallest absolute Gasteiger partial charge is 0.350 e. The number of hydrogen-bond acceptors (Lipinski definition) is 8. The second-order valence-corrected chi connectivity index (χ2v) is 8.97. The number of sulfonamides is 1. The maximum atomic E-state index is 14.2. The van der Waals surface area contributed by atoms with Crippen LogP contribution < -0.4 is 5.32 Å². The second kappa shape index (κ2) is 8.53. The zero-order valence-corrected chi connectivity index (χ0v) is 17.2. The first-order valence-electron chi connectivity index (χ1n) is 8.48. The highest BCUT2D eigenvalue weighted by atomic mass is 32.2. The zero-order chi connectivity index (χ0) is 21.2. The highest BCUT2D eigenvalue weighted by molar-refractivity contribution is 7.89. The Kier molecular flexibility index (Phi) is 6.27. The zero-order valence-electron chi connectivity index (χ0n) is 15.6. The summed E-state index contributed by atoms with van der Waals surface area (Å²) in [7, 11) is -2.67. The highest BCUT2D eigenvalue weighted by Gasteiger charge is 2.28. The van der Waals surface area contributed by atoms with Crippen LogP contribution in [-0.2, 0) is 19.5 Å². The second-order valence-electron chi connectivity index (χ2n) is 6.04. The fraction of sp³-hybridized carbons (Fsp3) is 0.353. The van der Waals surface area contributed by atoms with Crippen molar-refractivity contribution in [2.24, 2.45) is 0 Å². The predicted molar refractivity (Wildman–Crippen MR) is 102 cm³/mol. The largest absolute Gasteiger partial charge is 0.465 e. The number of rotatable bonds is 5. The van der Waals surface area contributed by atoms with E-state index in [9.17, 15) is 22.4 Å². The maximum absolute atomic E-state index is 14.2. The van der Waals surface area contributed by atoms with Gasteiger partial charge in [-0.3, -0.25) is 10.1 Å². The van der Waals surface area contributed by atoms with Crippen LogP contribution in [0.15, 0.2) is 23.1 Å². The third-order valence-electron chi connectivity index (χ3n) is 4.18. The lowest BCUT2D eigenvalue weighted by atomic mass is 10.2. The standard InChI is InChI=1S/C17H18FN3O6S2/c1-10-14(16(23)26-2)28-17(19-10)20-15(22)12-9-11(3-4-13(12)18)29(24,25)21-5-7-27-8-6-21/h3-4,9H,5-8H2,1-2H3,(H,19,20,22). The normalized spacial score (nSPS) is 15.1. The lowest BCUT2D eigenvalue weighted by Crippen LogP contribution is -2.40. The van der Waals surface area contributed by atoms with E-state index in [0.717, 1.165) is 29.5 Å². The highest BCUT2D eigenvalue weighted by Crippen LogP contribution is 2.25. The van der Waals surface area contributed by atoms with Gasteiger partial charge in [0, 0.05) is 13.1 Å². The van der Waals surface area contributed by atoms with Gasteiger partial charge in [-0.2, -0.15) is 4.31 Å². The predicted octanol–water partition coefficient (Wildman–Crippen LogP) is 1.65. The van der Waals surface area contributed by atoms with Gasteiger partial charge in [-0.1, -0.05) is 11.3 Å². The quantitative estimate of drug-likeness (QED) is 0.699. The van der Waals surface area contributed by atoms with Crippen LogP contribution in [0.2, 0.25) is 0 Å². The Balaban J connectivity index is 1.86. The summed E-state index contributed by atoms with van der Waals surface area (Å²) in [4.78, 5) is 28.2. The summed E-state index contributed by atoms with van der Waals surface area (Å²) in [5.41, 5.74) is -0.104. The van der Waals surface area contributed by atoms with Gasteiger partial charge in [0.15, 0.2) is 5.13 Å². The van der Waals surface area contributed by atoms with Crippen LogP contribution in [0, 0.1) is 12.7 Å². The molecule has 1 fully saturated rings. The molecule has 3 rings (SSSR count). The molecule has 0 radical (unpaired) electrons. The Morgan fingerprint density at radius 2 is 2.00 bits per heavy atom. The monoisotopic (exact) mass is 443 g/mol. The minimum atomic E-state index is -3.89. The lowest BCUT2D eigenvalue weighted by molar-refractivity contribution is 0.0605. The summed E-state index contributed by atoms with van der Waals surface area (Å²) >= 11 is 0.873. The Labute approximate surface area is 170 Å². The van der Waals surface area contributed by atoms with Gasteiger partial charge in [0.05, 0.1) is 36.5 Å². The first-order chi connectivity index (χ1) is 13.7. The van der Waals surface area contributed by atoms with E-state index >= 15 is 0 Å². The van der Waals surface area contributed by atoms with Crippen molar-refractivity contribution >= 4 is 38.4 Å². The number of aromatic nitrogens is 1. The van der Waals surface area contributed by atoms with Crippen LogP contribution >= 0.6 is 11.3 Å². The SMILES string of the molecule is COC(=O)c1sc(NC(=O)c2cc(S(=O)(=O)N3CCOCC3)ccc2F)nc1C. The van der Waals surface area contributed by atoms with Crippen LogP contribution in [0.25, 0.3) is 0 Å². The minimum absolute atomic E-state index is 0.0636. The Bertz CT molecular complexity index is 1050. The Hall–Kier alpha value is -2.41. The number of nitrogens with zero attached hydrogens (tertiary/aromatic N) is 2. The number of carbonyl (C=O) groups is 2. The van der Waals surface area contributed by atoms with E-state index in [1.807, 2.05) is 0 Å². The van der Waals surface area contributed by atoms with Crippen LogP contribution in [0.5, 0.6) is 0 Å². The molecule has 156 valence electrons. The molecule has 9 nitrogen and oxygen atoms in total. The van der Waals surface area contributed by atoms with Crippen LogP contribution in [0.1, 0.15) is 25.7 Å². The molecule has 1 aliphatic heterocycles. The number of anilines is 1. The number of amides is 1. The number of thiazole rings is 1. The van der Waals surface area contributed by atoms with E-state index in [4.69, 9.17) is 4.74 Å². The van der Waals surface area contributed by atoms with Crippen molar-refractivity contribution in [1.29, 1.82) is 0 Å². The molecule has 0 bridgehead atoms. The van der Waals surface area contributed by atoms with Gasteiger partial charge in [-0.25, -0.2) is 22.6 Å². The third kappa shape index (κ3) is 4.45. The number of nitrogens with one attached hydrogen (secondary N) is 1. The van der Waals surface area contributed by atoms with Gasteiger partial charge in [-0.15, -0.1) is 0 Å². The number of benzene rings is 1. The van der Waals surface area contributed by atoms with E-state index in [0.29, 0.717) is 5.69 Å². The molecular weight excluding hydrogens is 425 g/mol. The van der Waals surface area contributed by atoms with Crippen molar-refractivity contribution in [2.75, 3.05) is 38.7 Å². The number of hydrogen-bond donors (Lipinski definition) is 1. The average molecular weight is 443 g/mol. The van der Waals surface area contributed by atoms with Crippen molar-refractivity contribution in [1.82, 2.24) is 9.29 Å². The molecule has 0 saturated carbocycles. The van der Waals surface area contributed by atoms with E-state index < -0.39 is 33.3 Å². The number of morpholine rings is 1. The van der Waals surface area contributed by atoms with Gasteiger partial charge in [0.25, 0.3) is 5.91 Å². The molecule has 1 amide bonds. The topological polar surface area (TPSA) is 115 Å². The number of carbonyl (C=O) groups excluding carboxylic acids is 2. The molecule has 2 heterocycles. The molecule has 1 aromatic carbocycles. The number of methoxy groups -OCH3 is 1. The van der Waals surface area contributed by atoms with E-state index in [-0.39, 0.29) is 41.2 Å². The molecule has 1 aromatic heterocycles. The number of halogens is 1. The van der Waals surface area contributed by atoms with E-state index in [2.05, 4.69) is 15.0 Å².